The summed E-state index contributed by atoms with van der Waals surface area (Å²) in [4.78, 5) is 12.2. The zero-order valence-electron chi connectivity index (χ0n) is 12.9. The van der Waals surface area contributed by atoms with Crippen molar-refractivity contribution in [3.63, 3.8) is 0 Å². The number of benzene rings is 1. The SMILES string of the molecule is CS(=O)(=O)N(CC(=O)NC1CCCCC1)c1ccc(F)c(Cl)c1. The lowest BCUT2D eigenvalue weighted by Gasteiger charge is -2.26. The third-order valence-electron chi connectivity index (χ3n) is 3.85. The standard InChI is InChI=1S/C15H20ClFN2O3S/c1-23(21,22)19(12-7-8-14(17)13(16)9-12)10-15(20)18-11-5-3-2-4-6-11/h7-9,11H,2-6,10H2,1H3,(H,18,20). The zero-order valence-corrected chi connectivity index (χ0v) is 14.5. The average molecular weight is 363 g/mol. The summed E-state index contributed by atoms with van der Waals surface area (Å²) in [6.45, 7) is -0.350. The summed E-state index contributed by atoms with van der Waals surface area (Å²) >= 11 is 5.70. The smallest absolute Gasteiger partial charge is 0.240 e. The molecule has 0 bridgehead atoms. The van der Waals surface area contributed by atoms with Crippen molar-refractivity contribution in [2.75, 3.05) is 17.1 Å². The van der Waals surface area contributed by atoms with Gasteiger partial charge in [-0.1, -0.05) is 30.9 Å². The van der Waals surface area contributed by atoms with E-state index < -0.39 is 15.8 Å². The van der Waals surface area contributed by atoms with Crippen LogP contribution in [-0.2, 0) is 14.8 Å². The highest BCUT2D eigenvalue weighted by Gasteiger charge is 2.23. The molecule has 1 aliphatic rings. The highest BCUT2D eigenvalue weighted by atomic mass is 35.5. The van der Waals surface area contributed by atoms with Crippen LogP contribution in [0.15, 0.2) is 18.2 Å². The van der Waals surface area contributed by atoms with E-state index in [2.05, 4.69) is 5.32 Å². The Kier molecular flexibility index (Phi) is 5.86. The van der Waals surface area contributed by atoms with E-state index in [-0.39, 0.29) is 29.2 Å². The van der Waals surface area contributed by atoms with E-state index in [1.165, 1.54) is 12.1 Å². The number of rotatable bonds is 5. The first-order valence-corrected chi connectivity index (χ1v) is 9.72. The van der Waals surface area contributed by atoms with Gasteiger partial charge in [0, 0.05) is 6.04 Å². The fourth-order valence-electron chi connectivity index (χ4n) is 2.69. The number of hydrogen-bond acceptors (Lipinski definition) is 3. The fourth-order valence-corrected chi connectivity index (χ4v) is 3.71. The molecule has 2 rings (SSSR count). The lowest BCUT2D eigenvalue weighted by Crippen LogP contribution is -2.44. The van der Waals surface area contributed by atoms with E-state index >= 15 is 0 Å². The van der Waals surface area contributed by atoms with E-state index in [0.29, 0.717) is 0 Å². The minimum absolute atomic E-state index is 0.0921. The van der Waals surface area contributed by atoms with Crippen molar-refractivity contribution in [2.45, 2.75) is 38.1 Å². The maximum absolute atomic E-state index is 13.3. The quantitative estimate of drug-likeness (QED) is 0.875. The lowest BCUT2D eigenvalue weighted by atomic mass is 9.95. The summed E-state index contributed by atoms with van der Waals surface area (Å²) < 4.78 is 38.1. The van der Waals surface area contributed by atoms with Crippen molar-refractivity contribution in [2.24, 2.45) is 0 Å². The minimum Gasteiger partial charge on any atom is -0.352 e. The van der Waals surface area contributed by atoms with Gasteiger partial charge in [-0.3, -0.25) is 9.10 Å². The number of carbonyl (C=O) groups excluding carboxylic acids is 1. The van der Waals surface area contributed by atoms with Gasteiger partial charge in [0.15, 0.2) is 0 Å². The lowest BCUT2D eigenvalue weighted by molar-refractivity contribution is -0.120. The third kappa shape index (κ3) is 5.07. The van der Waals surface area contributed by atoms with Gasteiger partial charge in [0.1, 0.15) is 12.4 Å². The molecule has 0 aromatic heterocycles. The molecule has 0 aliphatic heterocycles. The Balaban J connectivity index is 2.12. The number of anilines is 1. The van der Waals surface area contributed by atoms with Crippen molar-refractivity contribution in [3.8, 4) is 0 Å². The van der Waals surface area contributed by atoms with Gasteiger partial charge in [0.05, 0.1) is 17.0 Å². The first kappa shape index (κ1) is 18.0. The van der Waals surface area contributed by atoms with Gasteiger partial charge in [0.25, 0.3) is 0 Å². The first-order valence-electron chi connectivity index (χ1n) is 7.49. The van der Waals surface area contributed by atoms with Crippen LogP contribution in [0.4, 0.5) is 10.1 Å². The molecule has 8 heteroatoms. The number of nitrogens with zero attached hydrogens (tertiary/aromatic N) is 1. The Morgan fingerprint density at radius 3 is 2.57 bits per heavy atom. The molecule has 1 fully saturated rings. The second-order valence-corrected chi connectivity index (χ2v) is 8.08. The van der Waals surface area contributed by atoms with Crippen LogP contribution >= 0.6 is 11.6 Å². The second kappa shape index (κ2) is 7.49. The van der Waals surface area contributed by atoms with Crippen LogP contribution in [0.2, 0.25) is 5.02 Å². The number of sulfonamides is 1. The van der Waals surface area contributed by atoms with Crippen LogP contribution in [0, 0.1) is 5.82 Å². The molecule has 23 heavy (non-hydrogen) atoms. The van der Waals surface area contributed by atoms with Crippen LogP contribution in [0.1, 0.15) is 32.1 Å². The van der Waals surface area contributed by atoms with Gasteiger partial charge in [0.2, 0.25) is 15.9 Å². The van der Waals surface area contributed by atoms with Crippen LogP contribution in [0.5, 0.6) is 0 Å². The summed E-state index contributed by atoms with van der Waals surface area (Å²) in [5.74, 6) is -1.02. The van der Waals surface area contributed by atoms with E-state index in [1.54, 1.807) is 0 Å². The minimum atomic E-state index is -3.69. The molecule has 1 amide bonds. The second-order valence-electron chi connectivity index (χ2n) is 5.77. The largest absolute Gasteiger partial charge is 0.352 e. The molecule has 0 atom stereocenters. The van der Waals surface area contributed by atoms with Crippen LogP contribution in [-0.4, -0.2) is 33.2 Å². The molecule has 0 unspecified atom stereocenters. The van der Waals surface area contributed by atoms with Crippen molar-refractivity contribution in [1.82, 2.24) is 5.32 Å². The van der Waals surface area contributed by atoms with E-state index in [9.17, 15) is 17.6 Å². The molecular formula is C15H20ClFN2O3S. The Morgan fingerprint density at radius 2 is 2.00 bits per heavy atom. The molecule has 0 heterocycles. The summed E-state index contributed by atoms with van der Waals surface area (Å²) in [5, 5.41) is 2.67. The van der Waals surface area contributed by atoms with Gasteiger partial charge >= 0.3 is 0 Å². The Labute approximate surface area is 140 Å². The molecule has 0 saturated heterocycles. The third-order valence-corrected chi connectivity index (χ3v) is 5.28. The molecule has 0 spiro atoms. The molecule has 1 aromatic rings. The van der Waals surface area contributed by atoms with E-state index in [4.69, 9.17) is 11.6 Å². The number of carbonyl (C=O) groups is 1. The van der Waals surface area contributed by atoms with Gasteiger partial charge < -0.3 is 5.32 Å². The van der Waals surface area contributed by atoms with Crippen molar-refractivity contribution in [1.29, 1.82) is 0 Å². The number of halogens is 2. The summed E-state index contributed by atoms with van der Waals surface area (Å²) in [6, 6.07) is 3.66. The van der Waals surface area contributed by atoms with Crippen LogP contribution in [0.3, 0.4) is 0 Å². The summed E-state index contributed by atoms with van der Waals surface area (Å²) in [6.07, 6.45) is 6.11. The van der Waals surface area contributed by atoms with E-state index in [0.717, 1.165) is 48.7 Å². The molecule has 5 nitrogen and oxygen atoms in total. The molecule has 1 aromatic carbocycles. The predicted molar refractivity (Wildman–Crippen MR) is 88.6 cm³/mol. The molecule has 1 N–H and O–H groups in total. The normalized spacial score (nSPS) is 16.1. The van der Waals surface area contributed by atoms with Gasteiger partial charge in [-0.15, -0.1) is 0 Å². The molecular weight excluding hydrogens is 343 g/mol. The Morgan fingerprint density at radius 1 is 1.35 bits per heavy atom. The Bertz CT molecular complexity index is 675. The highest BCUT2D eigenvalue weighted by molar-refractivity contribution is 7.92. The van der Waals surface area contributed by atoms with Crippen LogP contribution in [0.25, 0.3) is 0 Å². The summed E-state index contributed by atoms with van der Waals surface area (Å²) in [5.41, 5.74) is 0.165. The number of amides is 1. The fraction of sp³-hybridized carbons (Fsp3) is 0.533. The number of hydrogen-bond donors (Lipinski definition) is 1. The highest BCUT2D eigenvalue weighted by Crippen LogP contribution is 2.24. The van der Waals surface area contributed by atoms with Gasteiger partial charge in [-0.2, -0.15) is 0 Å². The van der Waals surface area contributed by atoms with Crippen molar-refractivity contribution in [3.05, 3.63) is 29.0 Å². The van der Waals surface area contributed by atoms with Crippen LogP contribution < -0.4 is 9.62 Å². The monoisotopic (exact) mass is 362 g/mol. The van der Waals surface area contributed by atoms with Gasteiger partial charge in [-0.05, 0) is 31.0 Å². The van der Waals surface area contributed by atoms with Crippen molar-refractivity contribution < 1.29 is 17.6 Å². The maximum atomic E-state index is 13.3. The molecule has 128 valence electrons. The van der Waals surface area contributed by atoms with Gasteiger partial charge in [-0.25, -0.2) is 12.8 Å². The molecule has 1 aliphatic carbocycles. The predicted octanol–water partition coefficient (Wildman–Crippen LogP) is 2.69. The van der Waals surface area contributed by atoms with Crippen molar-refractivity contribution >= 4 is 33.2 Å². The first-order chi connectivity index (χ1) is 10.8. The average Bonchev–Trinajstić information content (AvgIpc) is 2.48. The topological polar surface area (TPSA) is 66.5 Å². The van der Waals surface area contributed by atoms with E-state index in [1.807, 2.05) is 0 Å². The molecule has 0 radical (unpaired) electrons. The molecule has 1 saturated carbocycles. The summed E-state index contributed by atoms with van der Waals surface area (Å²) in [7, 11) is -3.69. The zero-order chi connectivity index (χ0) is 17.0. The number of nitrogens with one attached hydrogen (secondary N) is 1. The Hall–Kier alpha value is -1.34. The maximum Gasteiger partial charge on any atom is 0.240 e.